The summed E-state index contributed by atoms with van der Waals surface area (Å²) in [6.07, 6.45) is 1.98. The Morgan fingerprint density at radius 1 is 1.05 bits per heavy atom. The van der Waals surface area contributed by atoms with Gasteiger partial charge in [0, 0.05) is 32.4 Å². The molecule has 0 bridgehead atoms. The van der Waals surface area contributed by atoms with Crippen molar-refractivity contribution >= 4 is 61.6 Å². The minimum atomic E-state index is -0.544. The summed E-state index contributed by atoms with van der Waals surface area (Å²) < 4.78 is 7.68. The molecular weight excluding hydrogens is 581 g/mol. The van der Waals surface area contributed by atoms with Crippen LogP contribution in [-0.4, -0.2) is 22.9 Å². The first-order valence-corrected chi connectivity index (χ1v) is 14.9. The number of aromatic amines is 1. The molecule has 0 amide bonds. The van der Waals surface area contributed by atoms with Crippen molar-refractivity contribution in [2.24, 2.45) is 0 Å². The van der Waals surface area contributed by atoms with E-state index in [9.17, 15) is 4.79 Å². The van der Waals surface area contributed by atoms with Gasteiger partial charge in [0.25, 0.3) is 0 Å². The molecule has 2 heterocycles. The Kier molecular flexibility index (Phi) is 8.10. The molecule has 0 aliphatic heterocycles. The Morgan fingerprint density at radius 3 is 2.39 bits per heavy atom. The van der Waals surface area contributed by atoms with E-state index in [1.807, 2.05) is 52.1 Å². The molecule has 0 saturated heterocycles. The zero-order valence-electron chi connectivity index (χ0n) is 21.9. The van der Waals surface area contributed by atoms with E-state index in [2.05, 4.69) is 28.6 Å². The van der Waals surface area contributed by atoms with Crippen LogP contribution >= 0.6 is 44.8 Å². The molecule has 0 radical (unpaired) electrons. The summed E-state index contributed by atoms with van der Waals surface area (Å²) >= 11 is 12.4. The number of aromatic nitrogens is 3. The number of hydrogen-bond donors (Lipinski definition) is 1. The Morgan fingerprint density at radius 2 is 1.74 bits per heavy atom. The number of pyridine rings is 1. The Hall–Kier alpha value is -1.90. The number of nitrogens with one attached hydrogen (secondary N) is 1. The summed E-state index contributed by atoms with van der Waals surface area (Å²) in [5, 5.41) is 1.25. The van der Waals surface area contributed by atoms with Crippen molar-refractivity contribution in [2.75, 3.05) is 7.11 Å². The number of halogens is 3. The van der Waals surface area contributed by atoms with E-state index in [4.69, 9.17) is 32.9 Å². The van der Waals surface area contributed by atoms with Gasteiger partial charge in [0.2, 0.25) is 0 Å². The van der Waals surface area contributed by atoms with Crippen molar-refractivity contribution in [3.05, 3.63) is 75.0 Å². The number of carbonyl (C=O) groups excluding carboxylic acids is 1. The lowest BCUT2D eigenvalue weighted by Gasteiger charge is -2.21. The van der Waals surface area contributed by atoms with Gasteiger partial charge >= 0.3 is 5.95 Å². The zero-order chi connectivity index (χ0) is 26.7. The number of benzene rings is 2. The summed E-state index contributed by atoms with van der Waals surface area (Å²) in [4.78, 5) is 22.5. The molecule has 1 N–H and O–H groups in total. The van der Waals surface area contributed by atoms with Gasteiger partial charge < -0.3 is 17.1 Å². The second-order valence-electron chi connectivity index (χ2n) is 10.3. The van der Waals surface area contributed by atoms with E-state index >= 15 is 0 Å². The number of ketones is 1. The van der Waals surface area contributed by atoms with Crippen LogP contribution in [-0.2, 0) is 21.4 Å². The lowest BCUT2D eigenvalue weighted by Crippen LogP contribution is -3.00. The van der Waals surface area contributed by atoms with Gasteiger partial charge in [0.15, 0.2) is 11.3 Å². The highest BCUT2D eigenvalue weighted by atomic mass is 35.5. The third kappa shape index (κ3) is 4.81. The van der Waals surface area contributed by atoms with Gasteiger partial charge in [0.05, 0.1) is 24.1 Å². The lowest BCUT2D eigenvalue weighted by molar-refractivity contribution is -0.610. The van der Waals surface area contributed by atoms with Gasteiger partial charge in [0.1, 0.15) is 17.0 Å². The highest BCUT2D eigenvalue weighted by molar-refractivity contribution is 8.76. The monoisotopic (exact) mass is 607 g/mol. The first kappa shape index (κ1) is 29.1. The minimum Gasteiger partial charge on any atom is -1.00 e. The van der Waals surface area contributed by atoms with Crippen molar-refractivity contribution in [1.82, 2.24) is 9.97 Å². The van der Waals surface area contributed by atoms with Crippen LogP contribution in [0.15, 0.2) is 47.5 Å². The van der Waals surface area contributed by atoms with E-state index in [1.54, 1.807) is 34.8 Å². The van der Waals surface area contributed by atoms with E-state index < -0.39 is 10.8 Å². The molecule has 0 unspecified atom stereocenters. The van der Waals surface area contributed by atoms with E-state index in [1.165, 1.54) is 0 Å². The van der Waals surface area contributed by atoms with Gasteiger partial charge in [-0.3, -0.25) is 4.79 Å². The van der Waals surface area contributed by atoms with Crippen molar-refractivity contribution < 1.29 is 26.5 Å². The maximum Gasteiger partial charge on any atom is 0.402 e. The highest BCUT2D eigenvalue weighted by Gasteiger charge is 2.50. The number of H-pyrrole nitrogens is 1. The van der Waals surface area contributed by atoms with Crippen LogP contribution < -0.4 is 21.7 Å². The molecule has 2 aromatic heterocycles. The molecule has 200 valence electrons. The Bertz CT molecular complexity index is 1510. The average Bonchev–Trinajstić information content (AvgIpc) is 3.32. The van der Waals surface area contributed by atoms with E-state index in [-0.39, 0.29) is 18.2 Å². The number of ether oxygens (including phenoxy) is 1. The summed E-state index contributed by atoms with van der Waals surface area (Å²) in [6, 6.07) is 11.6. The smallest absolute Gasteiger partial charge is 0.402 e. The van der Waals surface area contributed by atoms with Crippen LogP contribution in [0.2, 0.25) is 10.0 Å². The first-order valence-electron chi connectivity index (χ1n) is 11.9. The van der Waals surface area contributed by atoms with Crippen molar-refractivity contribution in [2.45, 2.75) is 56.1 Å². The van der Waals surface area contributed by atoms with Crippen molar-refractivity contribution in [3.8, 4) is 11.7 Å². The average molecular weight is 609 g/mol. The number of fused-ring (bicyclic) bond motifs is 2. The fourth-order valence-corrected chi connectivity index (χ4v) is 8.09. The van der Waals surface area contributed by atoms with Crippen LogP contribution in [0.3, 0.4) is 0 Å². The minimum absolute atomic E-state index is 0. The Balaban J connectivity index is 0.00000336. The number of methoxy groups -OCH3 is 1. The van der Waals surface area contributed by atoms with Gasteiger partial charge in [-0.05, 0) is 76.1 Å². The van der Waals surface area contributed by atoms with Crippen molar-refractivity contribution in [3.63, 3.8) is 0 Å². The van der Waals surface area contributed by atoms with Crippen LogP contribution in [0.5, 0.6) is 5.75 Å². The number of rotatable bonds is 6. The van der Waals surface area contributed by atoms with Crippen molar-refractivity contribution in [1.29, 1.82) is 0 Å². The maximum absolute atomic E-state index is 13.1. The zero-order valence-corrected chi connectivity index (χ0v) is 25.8. The Labute approximate surface area is 246 Å². The quantitative estimate of drug-likeness (QED) is 0.257. The summed E-state index contributed by atoms with van der Waals surface area (Å²) in [5.74, 6) is 2.46. The van der Waals surface area contributed by atoms with Crippen LogP contribution in [0, 0.1) is 6.92 Å². The molecule has 38 heavy (non-hydrogen) atoms. The molecule has 0 atom stereocenters. The number of Topliss-reactive ketones (excluding diaryl/α,β-unsaturated/α-hetero) is 1. The predicted octanol–water partition coefficient (Wildman–Crippen LogP) is 4.55. The molecule has 0 saturated carbocycles. The van der Waals surface area contributed by atoms with E-state index in [0.717, 1.165) is 50.0 Å². The van der Waals surface area contributed by atoms with Crippen LogP contribution in [0.25, 0.3) is 17.0 Å². The van der Waals surface area contributed by atoms with Gasteiger partial charge in [-0.25, -0.2) is 9.55 Å². The van der Waals surface area contributed by atoms with Crippen LogP contribution in [0.4, 0.5) is 0 Å². The molecule has 0 spiro atoms. The van der Waals surface area contributed by atoms with Gasteiger partial charge in [-0.2, -0.15) is 0 Å². The normalized spacial score (nSPS) is 15.4. The molecule has 5 rings (SSSR count). The third-order valence-corrected chi connectivity index (χ3v) is 10.2. The fraction of sp³-hybridized carbons (Fsp3) is 0.321. The van der Waals surface area contributed by atoms with Crippen LogP contribution in [0.1, 0.15) is 50.1 Å². The fourth-order valence-electron chi connectivity index (χ4n) is 5.19. The number of imidazole rings is 1. The molecule has 0 fully saturated rings. The second-order valence-corrected chi connectivity index (χ2v) is 13.5. The molecule has 1 aliphatic rings. The summed E-state index contributed by atoms with van der Waals surface area (Å²) in [5.41, 5.74) is 4.88. The predicted molar refractivity (Wildman–Crippen MR) is 154 cm³/mol. The standard InChI is InChI=1S/C28H28Cl2N3O2S2.ClH/c1-15-22(14-36-37-24-8-7-16(29)11-19(24)30)33(10-9-23(15)35-6)26-31-20-12-17-18(13-21(20)32-26)28(4,5)25(34)27(17,2)3;/h7-13H,14H2,1-6H3,(H,31,32);1H/q+1;/p-1. The van der Waals surface area contributed by atoms with E-state index in [0.29, 0.717) is 15.8 Å². The number of nitrogens with zero attached hydrogens (tertiary/aromatic N) is 2. The SMILES string of the molecule is COc1cc[n+](-c2nc3cc4c(cc3[nH]2)C(C)(C)C(=O)C4(C)C)c(CSSc2ccc(Cl)cc2Cl)c1C.[Cl-]. The first-order chi connectivity index (χ1) is 17.4. The number of hydrogen-bond acceptors (Lipinski definition) is 5. The molecule has 2 aromatic carbocycles. The van der Waals surface area contributed by atoms with Gasteiger partial charge in [-0.1, -0.05) is 49.8 Å². The topological polar surface area (TPSA) is 58.9 Å². The summed E-state index contributed by atoms with van der Waals surface area (Å²) in [6.45, 7) is 10.1. The van der Waals surface area contributed by atoms with Gasteiger partial charge in [-0.15, -0.1) is 0 Å². The third-order valence-electron chi connectivity index (χ3n) is 7.25. The maximum atomic E-state index is 13.1. The molecule has 10 heteroatoms. The lowest BCUT2D eigenvalue weighted by atomic mass is 9.80. The largest absolute Gasteiger partial charge is 1.00 e. The molecule has 4 aromatic rings. The molecule has 1 aliphatic carbocycles. The molecule has 5 nitrogen and oxygen atoms in total. The summed E-state index contributed by atoms with van der Waals surface area (Å²) in [7, 11) is 4.96. The number of carbonyl (C=O) groups is 1. The highest BCUT2D eigenvalue weighted by Crippen LogP contribution is 2.47. The second kappa shape index (κ2) is 10.6. The molecular formula is C28H28Cl3N3O2S2.